The minimum Gasteiger partial charge on any atom is -0.396 e. The number of aliphatic hydroxyl groups is 3. The summed E-state index contributed by atoms with van der Waals surface area (Å²) in [7, 11) is 0. The Balaban J connectivity index is 2.34. The van der Waals surface area contributed by atoms with Crippen LogP contribution in [0.15, 0.2) is 0 Å². The number of rotatable bonds is 5. The molecule has 1 fully saturated rings. The highest BCUT2D eigenvalue weighted by molar-refractivity contribution is 4.88. The van der Waals surface area contributed by atoms with Gasteiger partial charge in [-0.05, 0) is 25.8 Å². The summed E-state index contributed by atoms with van der Waals surface area (Å²) in [5.41, 5.74) is 0. The number of hydrogen-bond acceptors (Lipinski definition) is 4. The topological polar surface area (TPSA) is 72.7 Å². The van der Waals surface area contributed by atoms with Crippen LogP contribution in [0, 0.1) is 5.92 Å². The quantitative estimate of drug-likeness (QED) is 0.484. The molecule has 4 atom stereocenters. The molecule has 1 aliphatic rings. The Bertz CT molecular complexity index is 177. The Morgan fingerprint density at radius 1 is 1.27 bits per heavy atom. The standard InChI is InChI=1S/C11H23NO3/c1-2-3-4-12-9-5-8(7-13)11(15)10(14)6-9/h8-15H,2-7H2,1H3/t8?,9-,10?,11+/m0/s1. The zero-order valence-corrected chi connectivity index (χ0v) is 9.39. The Labute approximate surface area is 91.3 Å². The van der Waals surface area contributed by atoms with Gasteiger partial charge in [-0.2, -0.15) is 0 Å². The van der Waals surface area contributed by atoms with Crippen LogP contribution in [0.4, 0.5) is 0 Å². The first-order chi connectivity index (χ1) is 7.19. The average Bonchev–Trinajstić information content (AvgIpc) is 2.23. The molecule has 0 bridgehead atoms. The summed E-state index contributed by atoms with van der Waals surface area (Å²) in [6, 6.07) is 0.229. The third-order valence-corrected chi connectivity index (χ3v) is 3.19. The van der Waals surface area contributed by atoms with Gasteiger partial charge in [0.15, 0.2) is 0 Å². The molecule has 90 valence electrons. The van der Waals surface area contributed by atoms with Crippen LogP contribution in [-0.2, 0) is 0 Å². The van der Waals surface area contributed by atoms with Crippen LogP contribution >= 0.6 is 0 Å². The molecule has 0 aromatic heterocycles. The molecule has 0 aromatic rings. The largest absolute Gasteiger partial charge is 0.396 e. The normalized spacial score (nSPS) is 36.8. The second-order valence-corrected chi connectivity index (χ2v) is 4.48. The van der Waals surface area contributed by atoms with Crippen molar-refractivity contribution in [3.63, 3.8) is 0 Å². The lowest BCUT2D eigenvalue weighted by Crippen LogP contribution is -2.49. The van der Waals surface area contributed by atoms with Gasteiger partial charge in [0.25, 0.3) is 0 Å². The van der Waals surface area contributed by atoms with Crippen molar-refractivity contribution in [3.05, 3.63) is 0 Å². The highest BCUT2D eigenvalue weighted by Crippen LogP contribution is 2.24. The van der Waals surface area contributed by atoms with E-state index in [0.717, 1.165) is 25.8 Å². The molecule has 0 saturated heterocycles. The van der Waals surface area contributed by atoms with Gasteiger partial charge in [-0.1, -0.05) is 13.3 Å². The summed E-state index contributed by atoms with van der Waals surface area (Å²) in [4.78, 5) is 0. The van der Waals surface area contributed by atoms with E-state index >= 15 is 0 Å². The van der Waals surface area contributed by atoms with Crippen molar-refractivity contribution in [3.8, 4) is 0 Å². The van der Waals surface area contributed by atoms with Crippen molar-refractivity contribution in [2.75, 3.05) is 13.2 Å². The SMILES string of the molecule is CCCCN[C@@H]1CC(O)[C@H](O)C(CO)C1. The van der Waals surface area contributed by atoms with Gasteiger partial charge in [-0.15, -0.1) is 0 Å². The van der Waals surface area contributed by atoms with Gasteiger partial charge in [0.05, 0.1) is 12.2 Å². The maximum absolute atomic E-state index is 9.61. The molecule has 1 saturated carbocycles. The molecule has 0 aliphatic heterocycles. The minimum atomic E-state index is -0.765. The van der Waals surface area contributed by atoms with Gasteiger partial charge in [-0.3, -0.25) is 0 Å². The zero-order valence-electron chi connectivity index (χ0n) is 9.39. The van der Waals surface area contributed by atoms with Crippen molar-refractivity contribution in [2.24, 2.45) is 5.92 Å². The lowest BCUT2D eigenvalue weighted by atomic mass is 9.82. The molecule has 4 nitrogen and oxygen atoms in total. The summed E-state index contributed by atoms with van der Waals surface area (Å²) < 4.78 is 0. The predicted octanol–water partition coefficient (Wildman–Crippen LogP) is -0.131. The van der Waals surface area contributed by atoms with Crippen molar-refractivity contribution in [1.82, 2.24) is 5.32 Å². The van der Waals surface area contributed by atoms with E-state index in [4.69, 9.17) is 5.11 Å². The molecule has 4 heteroatoms. The van der Waals surface area contributed by atoms with E-state index in [9.17, 15) is 10.2 Å². The summed E-state index contributed by atoms with van der Waals surface area (Å²) in [5.74, 6) is -0.187. The van der Waals surface area contributed by atoms with Gasteiger partial charge < -0.3 is 20.6 Å². The molecule has 15 heavy (non-hydrogen) atoms. The molecule has 0 radical (unpaired) electrons. The van der Waals surface area contributed by atoms with Gasteiger partial charge in [-0.25, -0.2) is 0 Å². The Kier molecular flexibility index (Phi) is 5.53. The van der Waals surface area contributed by atoms with Crippen LogP contribution in [0.25, 0.3) is 0 Å². The van der Waals surface area contributed by atoms with Crippen LogP contribution in [0.5, 0.6) is 0 Å². The molecule has 0 spiro atoms. The fourth-order valence-corrected chi connectivity index (χ4v) is 2.18. The zero-order chi connectivity index (χ0) is 11.3. The molecular weight excluding hydrogens is 194 g/mol. The molecule has 0 aromatic carbocycles. The van der Waals surface area contributed by atoms with Crippen molar-refractivity contribution in [1.29, 1.82) is 0 Å². The third kappa shape index (κ3) is 3.72. The molecule has 1 aliphatic carbocycles. The number of nitrogens with one attached hydrogen (secondary N) is 1. The van der Waals surface area contributed by atoms with Gasteiger partial charge >= 0.3 is 0 Å². The average molecular weight is 217 g/mol. The molecule has 0 heterocycles. The maximum Gasteiger partial charge on any atom is 0.0850 e. The second kappa shape index (κ2) is 6.43. The van der Waals surface area contributed by atoms with Crippen LogP contribution in [-0.4, -0.2) is 46.7 Å². The van der Waals surface area contributed by atoms with Crippen LogP contribution < -0.4 is 5.32 Å². The first-order valence-electron chi connectivity index (χ1n) is 5.89. The second-order valence-electron chi connectivity index (χ2n) is 4.48. The predicted molar refractivity (Wildman–Crippen MR) is 58.5 cm³/mol. The first-order valence-corrected chi connectivity index (χ1v) is 5.89. The lowest BCUT2D eigenvalue weighted by molar-refractivity contribution is -0.0674. The van der Waals surface area contributed by atoms with Gasteiger partial charge in [0.1, 0.15) is 0 Å². The monoisotopic (exact) mass is 217 g/mol. The smallest absolute Gasteiger partial charge is 0.0850 e. The summed E-state index contributed by atoms with van der Waals surface area (Å²) in [6.45, 7) is 3.03. The Hall–Kier alpha value is -0.160. The fourth-order valence-electron chi connectivity index (χ4n) is 2.18. The lowest BCUT2D eigenvalue weighted by Gasteiger charge is -2.36. The van der Waals surface area contributed by atoms with Crippen LogP contribution in [0.1, 0.15) is 32.6 Å². The van der Waals surface area contributed by atoms with Crippen molar-refractivity contribution < 1.29 is 15.3 Å². The molecular formula is C11H23NO3. The van der Waals surface area contributed by atoms with E-state index in [1.54, 1.807) is 0 Å². The van der Waals surface area contributed by atoms with E-state index in [2.05, 4.69) is 12.2 Å². The highest BCUT2D eigenvalue weighted by Gasteiger charge is 2.34. The summed E-state index contributed by atoms with van der Waals surface area (Å²) >= 11 is 0. The maximum atomic E-state index is 9.61. The van der Waals surface area contributed by atoms with Crippen molar-refractivity contribution >= 4 is 0 Å². The van der Waals surface area contributed by atoms with Crippen LogP contribution in [0.3, 0.4) is 0 Å². The fraction of sp³-hybridized carbons (Fsp3) is 1.00. The van der Waals surface area contributed by atoms with Gasteiger partial charge in [0, 0.05) is 18.6 Å². The van der Waals surface area contributed by atoms with E-state index in [1.165, 1.54) is 0 Å². The number of unbranched alkanes of at least 4 members (excludes halogenated alkanes) is 1. The Morgan fingerprint density at radius 2 is 2.00 bits per heavy atom. The van der Waals surface area contributed by atoms with E-state index in [0.29, 0.717) is 6.42 Å². The summed E-state index contributed by atoms with van der Waals surface area (Å²) in [5, 5.41) is 31.6. The highest BCUT2D eigenvalue weighted by atomic mass is 16.3. The third-order valence-electron chi connectivity index (χ3n) is 3.19. The molecule has 1 rings (SSSR count). The molecule has 2 unspecified atom stereocenters. The van der Waals surface area contributed by atoms with Crippen molar-refractivity contribution in [2.45, 2.75) is 50.9 Å². The molecule has 0 amide bonds. The molecule has 4 N–H and O–H groups in total. The van der Waals surface area contributed by atoms with E-state index < -0.39 is 12.2 Å². The Morgan fingerprint density at radius 3 is 2.60 bits per heavy atom. The summed E-state index contributed by atoms with van der Waals surface area (Å²) in [6.07, 6.45) is 2.14. The van der Waals surface area contributed by atoms with E-state index in [1.807, 2.05) is 0 Å². The minimum absolute atomic E-state index is 0.0514. The van der Waals surface area contributed by atoms with E-state index in [-0.39, 0.29) is 18.6 Å². The first kappa shape index (κ1) is 12.9. The van der Waals surface area contributed by atoms with Gasteiger partial charge in [0.2, 0.25) is 0 Å². The number of hydrogen-bond donors (Lipinski definition) is 4. The number of aliphatic hydroxyl groups excluding tert-OH is 3. The van der Waals surface area contributed by atoms with Crippen LogP contribution in [0.2, 0.25) is 0 Å².